The van der Waals surface area contributed by atoms with E-state index >= 15 is 0 Å². The van der Waals surface area contributed by atoms with Crippen LogP contribution in [0.3, 0.4) is 0 Å². The molecule has 1 rings (SSSR count). The smallest absolute Gasteiger partial charge is 0.336 e. The van der Waals surface area contributed by atoms with Gasteiger partial charge in [-0.15, -0.1) is 0 Å². The van der Waals surface area contributed by atoms with Gasteiger partial charge in [0, 0.05) is 16.8 Å². The maximum Gasteiger partial charge on any atom is 0.336 e. The van der Waals surface area contributed by atoms with Gasteiger partial charge < -0.3 is 5.11 Å². The lowest BCUT2D eigenvalue weighted by Gasteiger charge is -2.14. The van der Waals surface area contributed by atoms with E-state index in [9.17, 15) is 13.2 Å². The first-order valence-corrected chi connectivity index (χ1v) is 8.90. The van der Waals surface area contributed by atoms with Gasteiger partial charge in [0.05, 0.1) is 10.5 Å². The van der Waals surface area contributed by atoms with Gasteiger partial charge in [-0.05, 0) is 30.9 Å². The van der Waals surface area contributed by atoms with Crippen LogP contribution in [0.25, 0.3) is 0 Å². The van der Waals surface area contributed by atoms with Crippen LogP contribution in [0.2, 0.25) is 5.02 Å². The number of benzene rings is 1. The average molecular weight is 338 g/mol. The molecule has 1 aromatic carbocycles. The number of carboxylic acids is 1. The lowest BCUT2D eigenvalue weighted by molar-refractivity contribution is 0.0696. The molecule has 0 aliphatic heterocycles. The van der Waals surface area contributed by atoms with Crippen molar-refractivity contribution in [2.75, 3.05) is 12.8 Å². The van der Waals surface area contributed by atoms with Gasteiger partial charge in [0.25, 0.3) is 0 Å². The van der Waals surface area contributed by atoms with Crippen LogP contribution in [0.4, 0.5) is 0 Å². The third-order valence-electron chi connectivity index (χ3n) is 2.81. The molecular weight excluding hydrogens is 322 g/mol. The molecule has 1 aromatic rings. The summed E-state index contributed by atoms with van der Waals surface area (Å²) in [4.78, 5) is 11.0. The highest BCUT2D eigenvalue weighted by Crippen LogP contribution is 2.24. The Morgan fingerprint density at radius 3 is 2.60 bits per heavy atom. The van der Waals surface area contributed by atoms with Crippen LogP contribution < -0.4 is 4.72 Å². The van der Waals surface area contributed by atoms with Crippen LogP contribution in [0.1, 0.15) is 22.8 Å². The molecule has 0 aliphatic rings. The van der Waals surface area contributed by atoms with Gasteiger partial charge in [0.15, 0.2) is 0 Å². The Kier molecular flexibility index (Phi) is 5.88. The molecule has 8 heteroatoms. The van der Waals surface area contributed by atoms with Crippen LogP contribution in [0, 0.1) is 6.92 Å². The number of carboxylic acid groups (broad SMARTS) is 1. The predicted molar refractivity (Wildman–Crippen MR) is 81.3 cm³/mol. The Hall–Kier alpha value is -0.760. The second-order valence-corrected chi connectivity index (χ2v) is 7.73. The molecule has 1 unspecified atom stereocenters. The molecule has 0 fully saturated rings. The molecule has 0 saturated carbocycles. The predicted octanol–water partition coefficient (Wildman–Crippen LogP) is 2.38. The summed E-state index contributed by atoms with van der Waals surface area (Å²) in [5.41, 5.74) is 0.0574. The highest BCUT2D eigenvalue weighted by molar-refractivity contribution is 7.99. The highest BCUT2D eigenvalue weighted by atomic mass is 35.5. The van der Waals surface area contributed by atoms with E-state index in [4.69, 9.17) is 16.7 Å². The summed E-state index contributed by atoms with van der Waals surface area (Å²) in [6.45, 7) is 3.60. The summed E-state index contributed by atoms with van der Waals surface area (Å²) in [7, 11) is -3.79. The minimum absolute atomic E-state index is 0.0753. The molecule has 0 aliphatic carbocycles. The number of hydrogen-bond donors (Lipinski definition) is 2. The Balaban J connectivity index is 3.21. The zero-order chi connectivity index (χ0) is 15.5. The zero-order valence-corrected chi connectivity index (χ0v) is 13.7. The zero-order valence-electron chi connectivity index (χ0n) is 11.3. The molecule has 0 bridgehead atoms. The number of aromatic carboxylic acids is 1. The fourth-order valence-electron chi connectivity index (χ4n) is 1.54. The average Bonchev–Trinajstić information content (AvgIpc) is 2.37. The van der Waals surface area contributed by atoms with Crippen LogP contribution in [-0.2, 0) is 10.0 Å². The molecule has 1 atom stereocenters. The standard InChI is InChI=1S/C12H16ClNO4S2/c1-7(19-3)6-14-20(17,18)11-5-9(13)4-10(8(11)2)12(15)16/h4-5,7,14H,6H2,1-3H3,(H,15,16). The van der Waals surface area contributed by atoms with Crippen LogP contribution in [-0.4, -0.2) is 37.5 Å². The molecule has 0 spiro atoms. The molecule has 0 aromatic heterocycles. The van der Waals surface area contributed by atoms with Gasteiger partial charge in [-0.25, -0.2) is 17.9 Å². The van der Waals surface area contributed by atoms with Gasteiger partial charge in [-0.1, -0.05) is 18.5 Å². The van der Waals surface area contributed by atoms with Crippen LogP contribution >= 0.6 is 23.4 Å². The third-order valence-corrected chi connectivity index (χ3v) is 5.55. The summed E-state index contributed by atoms with van der Waals surface area (Å²) in [6, 6.07) is 2.50. The Morgan fingerprint density at radius 2 is 2.10 bits per heavy atom. The Labute approximate surface area is 127 Å². The Bertz CT molecular complexity index is 616. The van der Waals surface area contributed by atoms with Crippen molar-refractivity contribution in [2.45, 2.75) is 24.0 Å². The largest absolute Gasteiger partial charge is 0.478 e. The van der Waals surface area contributed by atoms with E-state index in [2.05, 4.69) is 4.72 Å². The van der Waals surface area contributed by atoms with Crippen LogP contribution in [0.5, 0.6) is 0 Å². The minimum Gasteiger partial charge on any atom is -0.478 e. The molecule has 5 nitrogen and oxygen atoms in total. The SMILES string of the molecule is CSC(C)CNS(=O)(=O)c1cc(Cl)cc(C(=O)O)c1C. The van der Waals surface area contributed by atoms with Crippen LogP contribution in [0.15, 0.2) is 17.0 Å². The first-order valence-electron chi connectivity index (χ1n) is 5.75. The molecule has 0 heterocycles. The number of rotatable bonds is 6. The fraction of sp³-hybridized carbons (Fsp3) is 0.417. The maximum absolute atomic E-state index is 12.2. The van der Waals surface area contributed by atoms with Gasteiger partial charge >= 0.3 is 5.97 Å². The van der Waals surface area contributed by atoms with E-state index < -0.39 is 16.0 Å². The van der Waals surface area contributed by atoms with E-state index in [1.54, 1.807) is 0 Å². The maximum atomic E-state index is 12.2. The molecule has 0 radical (unpaired) electrons. The van der Waals surface area contributed by atoms with Crippen molar-refractivity contribution in [1.82, 2.24) is 4.72 Å². The highest BCUT2D eigenvalue weighted by Gasteiger charge is 2.22. The van der Waals surface area contributed by atoms with Crippen molar-refractivity contribution in [1.29, 1.82) is 0 Å². The summed E-state index contributed by atoms with van der Waals surface area (Å²) >= 11 is 7.33. The van der Waals surface area contributed by atoms with E-state index in [1.807, 2.05) is 13.2 Å². The van der Waals surface area contributed by atoms with E-state index in [1.165, 1.54) is 30.8 Å². The van der Waals surface area contributed by atoms with Gasteiger partial charge in [-0.2, -0.15) is 11.8 Å². The van der Waals surface area contributed by atoms with Crippen molar-refractivity contribution in [3.8, 4) is 0 Å². The first-order chi connectivity index (χ1) is 9.19. The molecule has 0 amide bonds. The minimum atomic E-state index is -3.79. The molecular formula is C12H16ClNO4S2. The normalized spacial score (nSPS) is 13.2. The third kappa shape index (κ3) is 4.12. The second kappa shape index (κ2) is 6.80. The van der Waals surface area contributed by atoms with Crippen molar-refractivity contribution < 1.29 is 18.3 Å². The van der Waals surface area contributed by atoms with E-state index in [0.29, 0.717) is 0 Å². The topological polar surface area (TPSA) is 83.5 Å². The van der Waals surface area contributed by atoms with E-state index in [-0.39, 0.29) is 32.8 Å². The van der Waals surface area contributed by atoms with Gasteiger partial charge in [0.1, 0.15) is 0 Å². The van der Waals surface area contributed by atoms with Crippen molar-refractivity contribution in [2.24, 2.45) is 0 Å². The van der Waals surface area contributed by atoms with Crippen molar-refractivity contribution in [3.05, 3.63) is 28.3 Å². The summed E-state index contributed by atoms with van der Waals surface area (Å²) in [6.07, 6.45) is 1.88. The summed E-state index contributed by atoms with van der Waals surface area (Å²) in [5.74, 6) is -1.21. The molecule has 112 valence electrons. The lowest BCUT2D eigenvalue weighted by atomic mass is 10.1. The monoisotopic (exact) mass is 337 g/mol. The number of halogens is 1. The van der Waals surface area contributed by atoms with Gasteiger partial charge in [0.2, 0.25) is 10.0 Å². The number of thioether (sulfide) groups is 1. The summed E-state index contributed by atoms with van der Waals surface area (Å²) < 4.78 is 26.9. The fourth-order valence-corrected chi connectivity index (χ4v) is 3.60. The summed E-state index contributed by atoms with van der Waals surface area (Å²) in [5, 5.41) is 9.25. The molecule has 0 saturated heterocycles. The quantitative estimate of drug-likeness (QED) is 0.832. The second-order valence-electron chi connectivity index (χ2n) is 4.28. The number of sulfonamides is 1. The van der Waals surface area contributed by atoms with Crippen molar-refractivity contribution in [3.63, 3.8) is 0 Å². The molecule has 20 heavy (non-hydrogen) atoms. The number of carbonyl (C=O) groups is 1. The van der Waals surface area contributed by atoms with E-state index in [0.717, 1.165) is 0 Å². The molecule has 2 N–H and O–H groups in total. The number of nitrogens with one attached hydrogen (secondary N) is 1. The lowest BCUT2D eigenvalue weighted by Crippen LogP contribution is -2.30. The Morgan fingerprint density at radius 1 is 1.50 bits per heavy atom. The first kappa shape index (κ1) is 17.3. The number of hydrogen-bond acceptors (Lipinski definition) is 4. The van der Waals surface area contributed by atoms with Gasteiger partial charge in [-0.3, -0.25) is 0 Å². The van der Waals surface area contributed by atoms with Crippen molar-refractivity contribution >= 4 is 39.4 Å².